The van der Waals surface area contributed by atoms with Crippen LogP contribution in [-0.2, 0) is 16.9 Å². The number of fused-ring (bicyclic) bond motifs is 2. The number of urea groups is 1. The number of methoxy groups -OCH3 is 1. The fourth-order valence-corrected chi connectivity index (χ4v) is 4.64. The first-order chi connectivity index (χ1) is 17.9. The highest BCUT2D eigenvalue weighted by Gasteiger charge is 2.53. The Morgan fingerprint density at radius 1 is 1.16 bits per heavy atom. The highest BCUT2D eigenvalue weighted by atomic mass is 16.5. The van der Waals surface area contributed by atoms with E-state index in [1.807, 2.05) is 6.07 Å². The van der Waals surface area contributed by atoms with Crippen molar-refractivity contribution in [1.29, 1.82) is 5.26 Å². The first-order valence-corrected chi connectivity index (χ1v) is 11.3. The zero-order chi connectivity index (χ0) is 25.7. The normalized spacial score (nSPS) is 18.5. The number of rotatable bonds is 5. The van der Waals surface area contributed by atoms with E-state index in [4.69, 9.17) is 14.4 Å². The van der Waals surface area contributed by atoms with Crippen LogP contribution < -0.4 is 15.4 Å². The molecule has 6 rings (SSSR count). The summed E-state index contributed by atoms with van der Waals surface area (Å²) in [6.45, 7) is 0.115. The van der Waals surface area contributed by atoms with Crippen LogP contribution in [0, 0.1) is 11.3 Å². The van der Waals surface area contributed by atoms with Gasteiger partial charge in [-0.3, -0.25) is 14.9 Å². The molecule has 2 aliphatic rings. The molecule has 0 aliphatic carbocycles. The largest absolute Gasteiger partial charge is 0.497 e. The number of amides is 4. The lowest BCUT2D eigenvalue weighted by atomic mass is 9.95. The van der Waals surface area contributed by atoms with Gasteiger partial charge in [-0.25, -0.2) is 14.8 Å². The van der Waals surface area contributed by atoms with E-state index >= 15 is 0 Å². The Morgan fingerprint density at radius 2 is 2.03 bits per heavy atom. The van der Waals surface area contributed by atoms with E-state index < -0.39 is 17.5 Å². The highest BCUT2D eigenvalue weighted by molar-refractivity contribution is 6.08. The average molecular weight is 494 g/mol. The number of pyridine rings is 2. The highest BCUT2D eigenvalue weighted by Crippen LogP contribution is 2.35. The van der Waals surface area contributed by atoms with Gasteiger partial charge in [0.2, 0.25) is 0 Å². The number of carbonyl (C=O) groups excluding carboxylic acids is 3. The predicted molar refractivity (Wildman–Crippen MR) is 128 cm³/mol. The summed E-state index contributed by atoms with van der Waals surface area (Å²) in [5.74, 6) is -0.219. The van der Waals surface area contributed by atoms with Gasteiger partial charge in [0, 0.05) is 29.9 Å². The fourth-order valence-electron chi connectivity index (χ4n) is 4.64. The maximum atomic E-state index is 13.2. The third-order valence-electron chi connectivity index (χ3n) is 6.53. The van der Waals surface area contributed by atoms with E-state index in [1.54, 1.807) is 54.7 Å². The standard InChI is InChI=1S/C26H18N6O5/c1-36-17-5-3-15-12-32(23(33)18(15)8-17)13-26(24(34)30-25(35)31-26)22-9-20-21(37-22)7-6-19(29-20)14-2-4-16(10-27)28-11-14/h2-9,11H,12-13H2,1H3,(H2,30,31,34,35). The molecule has 11 heteroatoms. The van der Waals surface area contributed by atoms with E-state index in [1.165, 1.54) is 12.0 Å². The van der Waals surface area contributed by atoms with Crippen LogP contribution in [0.2, 0.25) is 0 Å². The maximum Gasteiger partial charge on any atom is 0.322 e. The quantitative estimate of drug-likeness (QED) is 0.402. The first kappa shape index (κ1) is 22.2. The van der Waals surface area contributed by atoms with Gasteiger partial charge >= 0.3 is 6.03 Å². The second-order valence-corrected chi connectivity index (χ2v) is 8.73. The van der Waals surface area contributed by atoms with Crippen molar-refractivity contribution in [3.63, 3.8) is 0 Å². The number of aromatic nitrogens is 2. The predicted octanol–water partition coefficient (Wildman–Crippen LogP) is 2.46. The number of ether oxygens (including phenoxy) is 1. The lowest BCUT2D eigenvalue weighted by Crippen LogP contribution is -2.52. The van der Waals surface area contributed by atoms with Gasteiger partial charge in [0.25, 0.3) is 11.8 Å². The van der Waals surface area contributed by atoms with Crippen molar-refractivity contribution >= 4 is 28.9 Å². The van der Waals surface area contributed by atoms with E-state index in [0.29, 0.717) is 33.7 Å². The van der Waals surface area contributed by atoms with Crippen LogP contribution in [0.15, 0.2) is 59.1 Å². The van der Waals surface area contributed by atoms with E-state index in [0.717, 1.165) is 5.56 Å². The number of nitriles is 1. The van der Waals surface area contributed by atoms with Gasteiger partial charge in [-0.2, -0.15) is 5.26 Å². The number of nitrogens with zero attached hydrogens (tertiary/aromatic N) is 4. The summed E-state index contributed by atoms with van der Waals surface area (Å²) in [7, 11) is 1.52. The molecule has 2 aliphatic heterocycles. The topological polar surface area (TPSA) is 150 Å². The minimum absolute atomic E-state index is 0.146. The van der Waals surface area contributed by atoms with Crippen molar-refractivity contribution in [2.24, 2.45) is 0 Å². The Bertz CT molecular complexity index is 1650. The summed E-state index contributed by atoms with van der Waals surface area (Å²) in [5, 5.41) is 13.9. The lowest BCUT2D eigenvalue weighted by Gasteiger charge is -2.28. The first-order valence-electron chi connectivity index (χ1n) is 11.3. The number of furan rings is 1. The number of benzene rings is 1. The molecule has 1 fully saturated rings. The van der Waals surface area contributed by atoms with Crippen LogP contribution in [0.3, 0.4) is 0 Å². The van der Waals surface area contributed by atoms with Gasteiger partial charge in [-0.1, -0.05) is 6.07 Å². The van der Waals surface area contributed by atoms with E-state index in [9.17, 15) is 14.4 Å². The van der Waals surface area contributed by atoms with Crippen molar-refractivity contribution in [2.75, 3.05) is 13.7 Å². The number of nitrogens with one attached hydrogen (secondary N) is 2. The van der Waals surface area contributed by atoms with Crippen molar-refractivity contribution in [3.8, 4) is 23.1 Å². The summed E-state index contributed by atoms with van der Waals surface area (Å²) in [4.78, 5) is 48.8. The molecule has 4 aromatic rings. The number of imide groups is 1. The van der Waals surface area contributed by atoms with Crippen LogP contribution >= 0.6 is 0 Å². The van der Waals surface area contributed by atoms with Gasteiger partial charge in [0.05, 0.1) is 19.3 Å². The maximum absolute atomic E-state index is 13.2. The van der Waals surface area contributed by atoms with Gasteiger partial charge in [-0.15, -0.1) is 0 Å². The number of hydrogen-bond donors (Lipinski definition) is 2. The van der Waals surface area contributed by atoms with E-state index in [-0.39, 0.29) is 30.5 Å². The molecule has 0 radical (unpaired) electrons. The van der Waals surface area contributed by atoms with E-state index in [2.05, 4.69) is 20.6 Å². The fraction of sp³-hybridized carbons (Fsp3) is 0.154. The van der Waals surface area contributed by atoms with Crippen LogP contribution in [0.5, 0.6) is 5.75 Å². The smallest absolute Gasteiger partial charge is 0.322 e. The summed E-state index contributed by atoms with van der Waals surface area (Å²) >= 11 is 0. The van der Waals surface area contributed by atoms with Gasteiger partial charge < -0.3 is 19.4 Å². The second-order valence-electron chi connectivity index (χ2n) is 8.73. The Balaban J connectivity index is 1.37. The molecule has 1 saturated heterocycles. The molecule has 0 saturated carbocycles. The second kappa shape index (κ2) is 8.17. The van der Waals surface area contributed by atoms with Crippen LogP contribution in [-0.4, -0.2) is 46.4 Å². The van der Waals surface area contributed by atoms with Crippen LogP contribution in [0.25, 0.3) is 22.4 Å². The monoisotopic (exact) mass is 494 g/mol. The summed E-state index contributed by atoms with van der Waals surface area (Å²) in [6, 6.07) is 14.8. The van der Waals surface area contributed by atoms with Crippen molar-refractivity contribution < 1.29 is 23.5 Å². The van der Waals surface area contributed by atoms with Crippen LogP contribution in [0.1, 0.15) is 27.4 Å². The summed E-state index contributed by atoms with van der Waals surface area (Å²) < 4.78 is 11.2. The lowest BCUT2D eigenvalue weighted by molar-refractivity contribution is -0.125. The molecule has 0 bridgehead atoms. The molecular formula is C26H18N6O5. The van der Waals surface area contributed by atoms with Crippen molar-refractivity contribution in [1.82, 2.24) is 25.5 Å². The molecule has 5 heterocycles. The average Bonchev–Trinajstić information content (AvgIpc) is 3.57. The third kappa shape index (κ3) is 3.54. The molecular weight excluding hydrogens is 476 g/mol. The third-order valence-corrected chi connectivity index (χ3v) is 6.53. The molecule has 11 nitrogen and oxygen atoms in total. The summed E-state index contributed by atoms with van der Waals surface area (Å²) in [5.41, 5.74) is 2.04. The minimum atomic E-state index is -1.64. The zero-order valence-corrected chi connectivity index (χ0v) is 19.4. The molecule has 182 valence electrons. The van der Waals surface area contributed by atoms with Gasteiger partial charge in [0.1, 0.15) is 28.8 Å². The zero-order valence-electron chi connectivity index (χ0n) is 19.4. The molecule has 1 unspecified atom stereocenters. The Morgan fingerprint density at radius 3 is 2.73 bits per heavy atom. The molecule has 3 aromatic heterocycles. The Kier molecular flexibility index (Phi) is 4.91. The van der Waals surface area contributed by atoms with Crippen molar-refractivity contribution in [3.05, 3.63) is 77.3 Å². The number of hydrogen-bond acceptors (Lipinski definition) is 8. The Hall–Kier alpha value is -5.24. The molecule has 4 amide bonds. The minimum Gasteiger partial charge on any atom is -0.497 e. The molecule has 37 heavy (non-hydrogen) atoms. The van der Waals surface area contributed by atoms with Gasteiger partial charge in [-0.05, 0) is 42.0 Å². The van der Waals surface area contributed by atoms with Crippen LogP contribution in [0.4, 0.5) is 4.79 Å². The molecule has 1 atom stereocenters. The summed E-state index contributed by atoms with van der Waals surface area (Å²) in [6.07, 6.45) is 1.55. The number of carbonyl (C=O) groups is 3. The van der Waals surface area contributed by atoms with Gasteiger partial charge in [0.15, 0.2) is 11.1 Å². The SMILES string of the molecule is COc1ccc2c(c1)C(=O)N(CC1(c3cc4nc(-c5ccc(C#N)nc5)ccc4o3)NC(=O)NC1=O)C2. The molecule has 1 aromatic carbocycles. The molecule has 0 spiro atoms. The molecule has 2 N–H and O–H groups in total. The van der Waals surface area contributed by atoms with Crippen molar-refractivity contribution in [2.45, 2.75) is 12.1 Å². The Labute approximate surface area is 209 Å².